The Morgan fingerprint density at radius 1 is 1.19 bits per heavy atom. The second-order valence-corrected chi connectivity index (χ2v) is 5.87. The van der Waals surface area contributed by atoms with Crippen molar-refractivity contribution in [2.45, 2.75) is 43.6 Å². The number of rotatable bonds is 1. The molecule has 2 aliphatic rings. The minimum absolute atomic E-state index is 0.0462. The number of hydrogen-bond donors (Lipinski definition) is 1. The summed E-state index contributed by atoms with van der Waals surface area (Å²) in [7, 11) is 1.70. The van der Waals surface area contributed by atoms with Crippen LogP contribution >= 0.6 is 0 Å². The van der Waals surface area contributed by atoms with E-state index in [2.05, 4.69) is 5.32 Å². The van der Waals surface area contributed by atoms with Gasteiger partial charge in [-0.2, -0.15) is 13.2 Å². The summed E-state index contributed by atoms with van der Waals surface area (Å²) in [5.41, 5.74) is -0.501. The van der Waals surface area contributed by atoms with E-state index in [0.29, 0.717) is 5.56 Å². The van der Waals surface area contributed by atoms with Crippen LogP contribution in [0.2, 0.25) is 0 Å². The van der Waals surface area contributed by atoms with Crippen molar-refractivity contribution >= 4 is 5.91 Å². The highest BCUT2D eigenvalue weighted by Crippen LogP contribution is 2.40. The third-order valence-electron chi connectivity index (χ3n) is 4.54. The second-order valence-electron chi connectivity index (χ2n) is 5.87. The lowest BCUT2D eigenvalue weighted by atomic mass is 9.98. The molecule has 1 saturated heterocycles. The molecule has 1 aromatic rings. The smallest absolute Gasteiger partial charge is 0.324 e. The number of alkyl halides is 3. The summed E-state index contributed by atoms with van der Waals surface area (Å²) in [6, 6.07) is 5.01. The van der Waals surface area contributed by atoms with E-state index < -0.39 is 17.3 Å². The molecule has 3 nitrogen and oxygen atoms in total. The third-order valence-corrected chi connectivity index (χ3v) is 4.54. The monoisotopic (exact) mass is 298 g/mol. The summed E-state index contributed by atoms with van der Waals surface area (Å²) in [6.07, 6.45) is -1.08. The van der Waals surface area contributed by atoms with Crippen molar-refractivity contribution in [1.82, 2.24) is 10.2 Å². The molecule has 114 valence electrons. The minimum Gasteiger partial charge on any atom is -0.324 e. The molecule has 1 heterocycles. The molecule has 1 spiro atoms. The number of nitrogens with one attached hydrogen (secondary N) is 1. The molecule has 21 heavy (non-hydrogen) atoms. The molecule has 1 atom stereocenters. The van der Waals surface area contributed by atoms with Gasteiger partial charge in [0.2, 0.25) is 5.91 Å². The van der Waals surface area contributed by atoms with Crippen molar-refractivity contribution in [3.05, 3.63) is 35.4 Å². The maximum atomic E-state index is 12.6. The van der Waals surface area contributed by atoms with E-state index in [-0.39, 0.29) is 12.1 Å². The second kappa shape index (κ2) is 4.73. The van der Waals surface area contributed by atoms with Crippen LogP contribution in [0.4, 0.5) is 13.2 Å². The van der Waals surface area contributed by atoms with Crippen LogP contribution in [0.1, 0.15) is 43.0 Å². The first kappa shape index (κ1) is 14.4. The van der Waals surface area contributed by atoms with Crippen LogP contribution in [0.25, 0.3) is 0 Å². The van der Waals surface area contributed by atoms with E-state index in [1.807, 2.05) is 0 Å². The average molecular weight is 298 g/mol. The molecule has 3 rings (SSSR count). The fourth-order valence-electron chi connectivity index (χ4n) is 3.37. The topological polar surface area (TPSA) is 32.3 Å². The van der Waals surface area contributed by atoms with E-state index in [0.717, 1.165) is 37.8 Å². The van der Waals surface area contributed by atoms with Crippen molar-refractivity contribution in [1.29, 1.82) is 0 Å². The fourth-order valence-corrected chi connectivity index (χ4v) is 3.37. The molecule has 0 bridgehead atoms. The van der Waals surface area contributed by atoms with Crippen molar-refractivity contribution in [3.63, 3.8) is 0 Å². The molecule has 6 heteroatoms. The van der Waals surface area contributed by atoms with E-state index in [1.165, 1.54) is 12.1 Å². The lowest BCUT2D eigenvalue weighted by Gasteiger charge is -2.21. The lowest BCUT2D eigenvalue weighted by Crippen LogP contribution is -2.43. The lowest BCUT2D eigenvalue weighted by molar-refractivity contribution is -0.137. The van der Waals surface area contributed by atoms with Gasteiger partial charge in [0.05, 0.1) is 11.1 Å². The Kier molecular flexibility index (Phi) is 3.24. The number of carbonyl (C=O) groups excluding carboxylic acids is 1. The highest BCUT2D eigenvalue weighted by Gasteiger charge is 2.51. The summed E-state index contributed by atoms with van der Waals surface area (Å²) < 4.78 is 37.8. The van der Waals surface area contributed by atoms with Gasteiger partial charge in [-0.05, 0) is 30.5 Å². The van der Waals surface area contributed by atoms with Gasteiger partial charge in [-0.25, -0.2) is 0 Å². The number of halogens is 3. The Labute approximate surface area is 121 Å². The van der Waals surface area contributed by atoms with Crippen LogP contribution in [0.5, 0.6) is 0 Å². The maximum absolute atomic E-state index is 12.6. The highest BCUT2D eigenvalue weighted by atomic mass is 19.4. The van der Waals surface area contributed by atoms with Crippen molar-refractivity contribution in [2.75, 3.05) is 7.05 Å². The number of benzene rings is 1. The Balaban J connectivity index is 1.86. The summed E-state index contributed by atoms with van der Waals surface area (Å²) in [5, 5.41) is 3.34. The zero-order valence-electron chi connectivity index (χ0n) is 11.7. The van der Waals surface area contributed by atoms with E-state index in [1.54, 1.807) is 11.9 Å². The van der Waals surface area contributed by atoms with E-state index in [9.17, 15) is 18.0 Å². The van der Waals surface area contributed by atoms with Gasteiger partial charge in [0.1, 0.15) is 6.17 Å². The zero-order chi connectivity index (χ0) is 15.3. The Bertz CT molecular complexity index is 547. The standard InChI is InChI=1S/C15H17F3N2O/c1-20-12(19-14(13(20)21)8-2-3-9-14)10-4-6-11(7-5-10)15(16,17)18/h4-7,12,19H,2-3,8-9H2,1H3. The molecule has 1 N–H and O–H groups in total. The predicted molar refractivity (Wildman–Crippen MR) is 71.3 cm³/mol. The predicted octanol–water partition coefficient (Wildman–Crippen LogP) is 3.08. The van der Waals surface area contributed by atoms with E-state index >= 15 is 0 Å². The molecule has 1 aliphatic heterocycles. The van der Waals surface area contributed by atoms with Gasteiger partial charge in [-0.15, -0.1) is 0 Å². The van der Waals surface area contributed by atoms with Crippen LogP contribution in [-0.2, 0) is 11.0 Å². The minimum atomic E-state index is -4.34. The number of nitrogens with zero attached hydrogens (tertiary/aromatic N) is 1. The third kappa shape index (κ3) is 2.31. The van der Waals surface area contributed by atoms with Crippen LogP contribution < -0.4 is 5.32 Å². The molecule has 0 radical (unpaired) electrons. The molecule has 1 saturated carbocycles. The summed E-state index contributed by atoms with van der Waals surface area (Å²) >= 11 is 0. The van der Waals surface area contributed by atoms with Crippen molar-refractivity contribution in [2.24, 2.45) is 0 Å². The summed E-state index contributed by atoms with van der Waals surface area (Å²) in [6.45, 7) is 0. The molecule has 1 aromatic carbocycles. The maximum Gasteiger partial charge on any atom is 0.416 e. The van der Waals surface area contributed by atoms with Gasteiger partial charge in [-0.3, -0.25) is 10.1 Å². The number of amides is 1. The largest absolute Gasteiger partial charge is 0.416 e. The van der Waals surface area contributed by atoms with Gasteiger partial charge in [0, 0.05) is 7.05 Å². The van der Waals surface area contributed by atoms with Gasteiger partial charge in [0.15, 0.2) is 0 Å². The van der Waals surface area contributed by atoms with Gasteiger partial charge >= 0.3 is 6.18 Å². The number of carbonyl (C=O) groups is 1. The Morgan fingerprint density at radius 3 is 2.29 bits per heavy atom. The quantitative estimate of drug-likeness (QED) is 0.864. The molecule has 1 unspecified atom stereocenters. The Hall–Kier alpha value is -1.56. The zero-order valence-corrected chi connectivity index (χ0v) is 11.7. The normalized spacial score (nSPS) is 25.0. The average Bonchev–Trinajstić information content (AvgIpc) is 3.00. The first-order valence-corrected chi connectivity index (χ1v) is 7.06. The van der Waals surface area contributed by atoms with Crippen molar-refractivity contribution in [3.8, 4) is 0 Å². The van der Waals surface area contributed by atoms with Crippen LogP contribution in [0.3, 0.4) is 0 Å². The highest BCUT2D eigenvalue weighted by molar-refractivity contribution is 5.89. The van der Waals surface area contributed by atoms with Gasteiger partial charge < -0.3 is 4.90 Å². The first-order valence-electron chi connectivity index (χ1n) is 7.06. The SMILES string of the molecule is CN1C(=O)C2(CCCC2)NC1c1ccc(C(F)(F)F)cc1. The number of likely N-dealkylation sites (N-methyl/N-ethyl adjacent to an activating group) is 1. The summed E-state index contributed by atoms with van der Waals surface area (Å²) in [5.74, 6) is 0.0462. The molecule has 1 amide bonds. The summed E-state index contributed by atoms with van der Waals surface area (Å²) in [4.78, 5) is 14.0. The van der Waals surface area contributed by atoms with Crippen molar-refractivity contribution < 1.29 is 18.0 Å². The molecular weight excluding hydrogens is 281 g/mol. The molecule has 2 fully saturated rings. The fraction of sp³-hybridized carbons (Fsp3) is 0.533. The van der Waals surface area contributed by atoms with E-state index in [4.69, 9.17) is 0 Å². The first-order chi connectivity index (χ1) is 9.83. The van der Waals surface area contributed by atoms with Gasteiger partial charge in [0.25, 0.3) is 0 Å². The Morgan fingerprint density at radius 2 is 1.76 bits per heavy atom. The van der Waals surface area contributed by atoms with Crippen LogP contribution in [0, 0.1) is 0 Å². The molecular formula is C15H17F3N2O. The van der Waals surface area contributed by atoms with Crippen LogP contribution in [0.15, 0.2) is 24.3 Å². The molecule has 0 aromatic heterocycles. The number of hydrogen-bond acceptors (Lipinski definition) is 2. The van der Waals surface area contributed by atoms with Gasteiger partial charge in [-0.1, -0.05) is 25.0 Å². The van der Waals surface area contributed by atoms with Crippen LogP contribution in [-0.4, -0.2) is 23.4 Å². The molecule has 1 aliphatic carbocycles.